The van der Waals surface area contributed by atoms with Crippen molar-refractivity contribution >= 4 is 5.69 Å². The van der Waals surface area contributed by atoms with Crippen LogP contribution in [-0.2, 0) is 0 Å². The molecule has 1 fully saturated rings. The quantitative estimate of drug-likeness (QED) is 0.842. The third-order valence-electron chi connectivity index (χ3n) is 4.38. The van der Waals surface area contributed by atoms with Gasteiger partial charge in [-0.25, -0.2) is 0 Å². The minimum atomic E-state index is -0.0298. The van der Waals surface area contributed by atoms with Crippen molar-refractivity contribution in [1.82, 2.24) is 10.2 Å². The van der Waals surface area contributed by atoms with Gasteiger partial charge in [-0.05, 0) is 19.9 Å². The lowest BCUT2D eigenvalue weighted by molar-refractivity contribution is 0.173. The van der Waals surface area contributed by atoms with Crippen molar-refractivity contribution in [3.8, 4) is 11.8 Å². The molecule has 0 aromatic heterocycles. The molecular weight excluding hydrogens is 276 g/mol. The maximum absolute atomic E-state index is 10.5. The molecule has 2 rings (SSSR count). The first-order valence-corrected chi connectivity index (χ1v) is 8.10. The fourth-order valence-electron chi connectivity index (χ4n) is 3.12. The molecule has 120 valence electrons. The number of nitriles is 1. The van der Waals surface area contributed by atoms with E-state index in [1.807, 2.05) is 12.1 Å². The highest BCUT2D eigenvalue weighted by molar-refractivity contribution is 5.54. The van der Waals surface area contributed by atoms with Crippen LogP contribution < -0.4 is 10.2 Å². The standard InChI is InChI=1S/C17H26N4O/c1-3-20(4-2)14-5-6-15(17(22)13-14)16(7-8-18)21-11-9-19-10-12-21/h5-6,13,16,19,22H,3-4,7,9-12H2,1-2H3/t16-/m0/s1. The average Bonchev–Trinajstić information content (AvgIpc) is 2.55. The predicted molar refractivity (Wildman–Crippen MR) is 89.1 cm³/mol. The van der Waals surface area contributed by atoms with Crippen molar-refractivity contribution < 1.29 is 5.11 Å². The molecule has 0 radical (unpaired) electrons. The first kappa shape index (κ1) is 16.6. The minimum Gasteiger partial charge on any atom is -0.508 e. The van der Waals surface area contributed by atoms with E-state index >= 15 is 0 Å². The summed E-state index contributed by atoms with van der Waals surface area (Å²) in [4.78, 5) is 4.49. The number of hydrogen-bond donors (Lipinski definition) is 2. The lowest BCUT2D eigenvalue weighted by Gasteiger charge is -2.34. The lowest BCUT2D eigenvalue weighted by atomic mass is 10.00. The smallest absolute Gasteiger partial charge is 0.122 e. The van der Waals surface area contributed by atoms with Crippen LogP contribution in [0.3, 0.4) is 0 Å². The minimum absolute atomic E-state index is 0.0298. The number of nitrogens with zero attached hydrogens (tertiary/aromatic N) is 3. The molecule has 1 aromatic carbocycles. The van der Waals surface area contributed by atoms with E-state index in [2.05, 4.69) is 41.1 Å². The van der Waals surface area contributed by atoms with Gasteiger partial charge in [0, 0.05) is 56.6 Å². The zero-order valence-electron chi connectivity index (χ0n) is 13.5. The third-order valence-corrected chi connectivity index (χ3v) is 4.38. The van der Waals surface area contributed by atoms with Crippen LogP contribution in [0.4, 0.5) is 5.69 Å². The van der Waals surface area contributed by atoms with E-state index in [9.17, 15) is 5.11 Å². The highest BCUT2D eigenvalue weighted by Gasteiger charge is 2.24. The molecule has 1 aliphatic heterocycles. The molecule has 0 bridgehead atoms. The van der Waals surface area contributed by atoms with Crippen molar-refractivity contribution in [2.45, 2.75) is 26.3 Å². The molecule has 0 amide bonds. The second kappa shape index (κ2) is 8.02. The summed E-state index contributed by atoms with van der Waals surface area (Å²) in [6.45, 7) is 9.71. The summed E-state index contributed by atoms with van der Waals surface area (Å²) < 4.78 is 0. The van der Waals surface area contributed by atoms with E-state index < -0.39 is 0 Å². The van der Waals surface area contributed by atoms with E-state index in [1.54, 1.807) is 0 Å². The zero-order valence-corrected chi connectivity index (χ0v) is 13.5. The predicted octanol–water partition coefficient (Wildman–Crippen LogP) is 2.10. The van der Waals surface area contributed by atoms with Gasteiger partial charge in [-0.15, -0.1) is 0 Å². The average molecular weight is 302 g/mol. The van der Waals surface area contributed by atoms with Crippen molar-refractivity contribution in [2.75, 3.05) is 44.2 Å². The molecule has 22 heavy (non-hydrogen) atoms. The van der Waals surface area contributed by atoms with Crippen molar-refractivity contribution in [1.29, 1.82) is 5.26 Å². The van der Waals surface area contributed by atoms with Crippen LogP contribution in [0.1, 0.15) is 31.9 Å². The van der Waals surface area contributed by atoms with Gasteiger partial charge in [0.2, 0.25) is 0 Å². The number of piperazine rings is 1. The molecule has 1 atom stereocenters. The maximum atomic E-state index is 10.5. The van der Waals surface area contributed by atoms with E-state index in [-0.39, 0.29) is 6.04 Å². The molecule has 1 aromatic rings. The van der Waals surface area contributed by atoms with Gasteiger partial charge in [0.05, 0.1) is 18.5 Å². The summed E-state index contributed by atoms with van der Waals surface area (Å²) in [5.41, 5.74) is 1.89. The first-order chi connectivity index (χ1) is 10.7. The highest BCUT2D eigenvalue weighted by Crippen LogP contribution is 2.34. The number of rotatable bonds is 6. The normalized spacial score (nSPS) is 17.0. The van der Waals surface area contributed by atoms with Crippen LogP contribution in [0.15, 0.2) is 18.2 Å². The Balaban J connectivity index is 2.26. The molecule has 5 nitrogen and oxygen atoms in total. The van der Waals surface area contributed by atoms with E-state index in [4.69, 9.17) is 5.26 Å². The Bertz CT molecular complexity index is 516. The number of nitrogens with one attached hydrogen (secondary N) is 1. The van der Waals surface area contributed by atoms with Gasteiger partial charge in [0.1, 0.15) is 5.75 Å². The molecule has 1 aliphatic rings. The summed E-state index contributed by atoms with van der Waals surface area (Å²) in [5, 5.41) is 23.0. The topological polar surface area (TPSA) is 62.5 Å². The van der Waals surface area contributed by atoms with Crippen LogP contribution in [0.2, 0.25) is 0 Å². The van der Waals surface area contributed by atoms with Crippen LogP contribution >= 0.6 is 0 Å². The molecule has 0 aliphatic carbocycles. The van der Waals surface area contributed by atoms with Gasteiger partial charge in [0.15, 0.2) is 0 Å². The van der Waals surface area contributed by atoms with Crippen molar-refractivity contribution in [3.05, 3.63) is 23.8 Å². The van der Waals surface area contributed by atoms with Crippen LogP contribution in [-0.4, -0.2) is 49.3 Å². The van der Waals surface area contributed by atoms with Gasteiger partial charge >= 0.3 is 0 Å². The molecule has 0 unspecified atom stereocenters. The number of phenols is 1. The molecule has 1 heterocycles. The summed E-state index contributed by atoms with van der Waals surface area (Å²) in [5.74, 6) is 0.295. The Morgan fingerprint density at radius 2 is 2.00 bits per heavy atom. The largest absolute Gasteiger partial charge is 0.508 e. The summed E-state index contributed by atoms with van der Waals surface area (Å²) in [6, 6.07) is 8.09. The zero-order chi connectivity index (χ0) is 15.9. The maximum Gasteiger partial charge on any atom is 0.122 e. The Kier molecular flexibility index (Phi) is 6.05. The Morgan fingerprint density at radius 1 is 1.32 bits per heavy atom. The summed E-state index contributed by atoms with van der Waals surface area (Å²) >= 11 is 0. The van der Waals surface area contributed by atoms with Crippen LogP contribution in [0, 0.1) is 11.3 Å². The second-order valence-corrected chi connectivity index (χ2v) is 5.58. The number of anilines is 1. The van der Waals surface area contributed by atoms with E-state index in [0.717, 1.165) is 50.5 Å². The molecule has 0 saturated carbocycles. The lowest BCUT2D eigenvalue weighted by Crippen LogP contribution is -2.45. The molecule has 0 spiro atoms. The van der Waals surface area contributed by atoms with E-state index in [0.29, 0.717) is 12.2 Å². The highest BCUT2D eigenvalue weighted by atomic mass is 16.3. The Morgan fingerprint density at radius 3 is 2.55 bits per heavy atom. The molecule has 1 saturated heterocycles. The van der Waals surface area contributed by atoms with Gasteiger partial charge < -0.3 is 15.3 Å². The Labute approximate surface area is 133 Å². The van der Waals surface area contributed by atoms with Crippen molar-refractivity contribution in [2.24, 2.45) is 0 Å². The monoisotopic (exact) mass is 302 g/mol. The van der Waals surface area contributed by atoms with Crippen LogP contribution in [0.25, 0.3) is 0 Å². The molecule has 2 N–H and O–H groups in total. The third kappa shape index (κ3) is 3.70. The number of phenolic OH excluding ortho intramolecular Hbond substituents is 1. The second-order valence-electron chi connectivity index (χ2n) is 5.58. The van der Waals surface area contributed by atoms with Crippen molar-refractivity contribution in [3.63, 3.8) is 0 Å². The summed E-state index contributed by atoms with van der Waals surface area (Å²) in [6.07, 6.45) is 0.401. The fourth-order valence-corrected chi connectivity index (χ4v) is 3.12. The SMILES string of the molecule is CCN(CC)c1ccc([C@H](CC#N)N2CCNCC2)c(O)c1. The Hall–Kier alpha value is -1.77. The van der Waals surface area contributed by atoms with Gasteiger partial charge in [-0.1, -0.05) is 6.07 Å². The van der Waals surface area contributed by atoms with Gasteiger partial charge in [-0.2, -0.15) is 5.26 Å². The number of benzene rings is 1. The first-order valence-electron chi connectivity index (χ1n) is 8.10. The van der Waals surface area contributed by atoms with Gasteiger partial charge in [0.25, 0.3) is 0 Å². The number of aromatic hydroxyl groups is 1. The molecular formula is C17H26N4O. The molecule has 5 heteroatoms. The summed E-state index contributed by atoms with van der Waals surface area (Å²) in [7, 11) is 0. The van der Waals surface area contributed by atoms with E-state index in [1.165, 1.54) is 0 Å². The number of hydrogen-bond acceptors (Lipinski definition) is 5. The van der Waals surface area contributed by atoms with Gasteiger partial charge in [-0.3, -0.25) is 4.90 Å². The fraction of sp³-hybridized carbons (Fsp3) is 0.588. The van der Waals surface area contributed by atoms with Crippen LogP contribution in [0.5, 0.6) is 5.75 Å².